The Hall–Kier alpha value is -1.55. The van der Waals surface area contributed by atoms with Crippen LogP contribution < -0.4 is 5.32 Å². The maximum Gasteiger partial charge on any atom is 0.234 e. The molecule has 1 aromatic rings. The summed E-state index contributed by atoms with van der Waals surface area (Å²) in [6, 6.07) is 7.21. The van der Waals surface area contributed by atoms with Crippen molar-refractivity contribution in [1.29, 1.82) is 0 Å². The number of rotatable bonds is 6. The standard InChI is InChI=1S/C15H24N2O2/c1-11(2)9-16-15(19)10-17(4)12(3)13-7-5-6-8-14(13)18/h5-8,11-12,18H,9-10H2,1-4H3,(H,16,19). The zero-order valence-corrected chi connectivity index (χ0v) is 12.2. The summed E-state index contributed by atoms with van der Waals surface area (Å²) in [5.74, 6) is 0.729. The fourth-order valence-corrected chi connectivity index (χ4v) is 1.82. The van der Waals surface area contributed by atoms with E-state index in [1.54, 1.807) is 12.1 Å². The summed E-state index contributed by atoms with van der Waals surface area (Å²) < 4.78 is 0. The van der Waals surface area contributed by atoms with E-state index in [4.69, 9.17) is 0 Å². The molecule has 19 heavy (non-hydrogen) atoms. The highest BCUT2D eigenvalue weighted by Crippen LogP contribution is 2.26. The van der Waals surface area contributed by atoms with Gasteiger partial charge in [-0.1, -0.05) is 32.0 Å². The third-order valence-electron chi connectivity index (χ3n) is 3.15. The molecule has 0 radical (unpaired) electrons. The summed E-state index contributed by atoms with van der Waals surface area (Å²) in [4.78, 5) is 13.7. The zero-order chi connectivity index (χ0) is 14.4. The molecule has 0 fully saturated rings. The highest BCUT2D eigenvalue weighted by Gasteiger charge is 2.17. The highest BCUT2D eigenvalue weighted by atomic mass is 16.3. The van der Waals surface area contributed by atoms with Gasteiger partial charge in [-0.2, -0.15) is 0 Å². The Kier molecular flexibility index (Phi) is 5.83. The Balaban J connectivity index is 2.56. The number of hydrogen-bond acceptors (Lipinski definition) is 3. The quantitative estimate of drug-likeness (QED) is 0.828. The van der Waals surface area contributed by atoms with Crippen LogP contribution >= 0.6 is 0 Å². The molecule has 0 heterocycles. The highest BCUT2D eigenvalue weighted by molar-refractivity contribution is 5.78. The van der Waals surface area contributed by atoms with E-state index in [-0.39, 0.29) is 17.7 Å². The topological polar surface area (TPSA) is 52.6 Å². The number of likely N-dealkylation sites (N-methyl/N-ethyl adjacent to an activating group) is 1. The first-order valence-corrected chi connectivity index (χ1v) is 6.66. The third-order valence-corrected chi connectivity index (χ3v) is 3.15. The second-order valence-electron chi connectivity index (χ2n) is 5.35. The molecule has 1 unspecified atom stereocenters. The van der Waals surface area contributed by atoms with Crippen molar-refractivity contribution in [2.45, 2.75) is 26.8 Å². The number of benzene rings is 1. The van der Waals surface area contributed by atoms with Crippen LogP contribution in [-0.2, 0) is 4.79 Å². The second kappa shape index (κ2) is 7.14. The summed E-state index contributed by atoms with van der Waals surface area (Å²) in [5.41, 5.74) is 0.835. The molecule has 0 saturated heterocycles. The molecular weight excluding hydrogens is 240 g/mol. The average Bonchev–Trinajstić information content (AvgIpc) is 2.36. The van der Waals surface area contributed by atoms with E-state index >= 15 is 0 Å². The lowest BCUT2D eigenvalue weighted by molar-refractivity contribution is -0.122. The van der Waals surface area contributed by atoms with Gasteiger partial charge in [0.15, 0.2) is 0 Å². The number of phenols is 1. The van der Waals surface area contributed by atoms with E-state index in [1.165, 1.54) is 0 Å². The minimum Gasteiger partial charge on any atom is -0.508 e. The Bertz CT molecular complexity index is 418. The van der Waals surface area contributed by atoms with Gasteiger partial charge in [0, 0.05) is 18.2 Å². The third kappa shape index (κ3) is 4.91. The van der Waals surface area contributed by atoms with Crippen LogP contribution in [0.2, 0.25) is 0 Å². The minimum atomic E-state index is -0.00833. The lowest BCUT2D eigenvalue weighted by Gasteiger charge is -2.25. The normalized spacial score (nSPS) is 12.7. The predicted molar refractivity (Wildman–Crippen MR) is 77.0 cm³/mol. The Morgan fingerprint density at radius 2 is 1.95 bits per heavy atom. The number of para-hydroxylation sites is 1. The number of carbonyl (C=O) groups is 1. The Morgan fingerprint density at radius 3 is 2.53 bits per heavy atom. The van der Waals surface area contributed by atoms with Crippen LogP contribution in [0.15, 0.2) is 24.3 Å². The SMILES string of the molecule is CC(C)CNC(=O)CN(C)C(C)c1ccccc1O. The van der Waals surface area contributed by atoms with Gasteiger partial charge in [0.1, 0.15) is 5.75 Å². The number of phenolic OH excluding ortho intramolecular Hbond substituents is 1. The number of amides is 1. The van der Waals surface area contributed by atoms with Crippen molar-refractivity contribution in [2.24, 2.45) is 5.92 Å². The fourth-order valence-electron chi connectivity index (χ4n) is 1.82. The van der Waals surface area contributed by atoms with Crippen LogP contribution in [0.25, 0.3) is 0 Å². The largest absolute Gasteiger partial charge is 0.508 e. The van der Waals surface area contributed by atoms with Gasteiger partial charge in [0.2, 0.25) is 5.91 Å². The van der Waals surface area contributed by atoms with Crippen molar-refractivity contribution in [3.05, 3.63) is 29.8 Å². The van der Waals surface area contributed by atoms with Gasteiger partial charge in [0.05, 0.1) is 6.54 Å². The molecule has 2 N–H and O–H groups in total. The van der Waals surface area contributed by atoms with Gasteiger partial charge in [-0.3, -0.25) is 9.69 Å². The molecule has 1 amide bonds. The number of nitrogens with one attached hydrogen (secondary N) is 1. The van der Waals surface area contributed by atoms with Crippen molar-refractivity contribution in [1.82, 2.24) is 10.2 Å². The molecule has 0 bridgehead atoms. The van der Waals surface area contributed by atoms with Crippen molar-refractivity contribution >= 4 is 5.91 Å². The van der Waals surface area contributed by atoms with Crippen LogP contribution in [0.5, 0.6) is 5.75 Å². The van der Waals surface area contributed by atoms with E-state index in [9.17, 15) is 9.90 Å². The second-order valence-corrected chi connectivity index (χ2v) is 5.35. The Morgan fingerprint density at radius 1 is 1.32 bits per heavy atom. The van der Waals surface area contributed by atoms with Gasteiger partial charge in [-0.25, -0.2) is 0 Å². The maximum atomic E-state index is 11.8. The zero-order valence-electron chi connectivity index (χ0n) is 12.2. The molecular formula is C15H24N2O2. The van der Waals surface area contributed by atoms with Crippen molar-refractivity contribution in [3.63, 3.8) is 0 Å². The average molecular weight is 264 g/mol. The van der Waals surface area contributed by atoms with E-state index in [0.717, 1.165) is 5.56 Å². The van der Waals surface area contributed by atoms with Gasteiger partial charge < -0.3 is 10.4 Å². The van der Waals surface area contributed by atoms with Gasteiger partial charge in [0.25, 0.3) is 0 Å². The number of nitrogens with zero attached hydrogens (tertiary/aromatic N) is 1. The number of carbonyl (C=O) groups excluding carboxylic acids is 1. The lowest BCUT2D eigenvalue weighted by atomic mass is 10.1. The van der Waals surface area contributed by atoms with Gasteiger partial charge in [-0.05, 0) is 26.0 Å². The summed E-state index contributed by atoms with van der Waals surface area (Å²) in [6.45, 7) is 7.12. The van der Waals surface area contributed by atoms with E-state index in [1.807, 2.05) is 31.0 Å². The first kappa shape index (κ1) is 15.5. The molecule has 106 valence electrons. The maximum absolute atomic E-state index is 11.8. The van der Waals surface area contributed by atoms with Crippen LogP contribution in [0, 0.1) is 5.92 Å². The van der Waals surface area contributed by atoms with E-state index in [0.29, 0.717) is 19.0 Å². The molecule has 1 atom stereocenters. The molecule has 1 aromatic carbocycles. The van der Waals surface area contributed by atoms with E-state index in [2.05, 4.69) is 19.2 Å². The summed E-state index contributed by atoms with van der Waals surface area (Å²) in [7, 11) is 1.88. The molecule has 4 heteroatoms. The molecule has 0 aliphatic rings. The van der Waals surface area contributed by atoms with Crippen molar-refractivity contribution in [2.75, 3.05) is 20.1 Å². The minimum absolute atomic E-state index is 0.00833. The van der Waals surface area contributed by atoms with Gasteiger partial charge >= 0.3 is 0 Å². The van der Waals surface area contributed by atoms with Crippen LogP contribution in [0.4, 0.5) is 0 Å². The summed E-state index contributed by atoms with van der Waals surface area (Å²) >= 11 is 0. The molecule has 0 aliphatic heterocycles. The summed E-state index contributed by atoms with van der Waals surface area (Å²) in [5, 5.41) is 12.7. The van der Waals surface area contributed by atoms with Crippen LogP contribution in [0.3, 0.4) is 0 Å². The summed E-state index contributed by atoms with van der Waals surface area (Å²) in [6.07, 6.45) is 0. The number of hydrogen-bond donors (Lipinski definition) is 2. The van der Waals surface area contributed by atoms with E-state index < -0.39 is 0 Å². The van der Waals surface area contributed by atoms with Crippen molar-refractivity contribution in [3.8, 4) is 5.75 Å². The molecule has 0 aliphatic carbocycles. The monoisotopic (exact) mass is 264 g/mol. The molecule has 1 rings (SSSR count). The van der Waals surface area contributed by atoms with Crippen LogP contribution in [0.1, 0.15) is 32.4 Å². The Labute approximate surface area is 115 Å². The first-order chi connectivity index (χ1) is 8.91. The van der Waals surface area contributed by atoms with Gasteiger partial charge in [-0.15, -0.1) is 0 Å². The van der Waals surface area contributed by atoms with Crippen molar-refractivity contribution < 1.29 is 9.90 Å². The molecule has 0 spiro atoms. The van der Waals surface area contributed by atoms with Crippen LogP contribution in [-0.4, -0.2) is 36.1 Å². The first-order valence-electron chi connectivity index (χ1n) is 6.66. The molecule has 0 saturated carbocycles. The smallest absolute Gasteiger partial charge is 0.234 e. The number of aromatic hydroxyl groups is 1. The predicted octanol–water partition coefficient (Wildman–Crippen LogP) is 2.16. The molecule has 0 aromatic heterocycles. The lowest BCUT2D eigenvalue weighted by Crippen LogP contribution is -2.37. The fraction of sp³-hybridized carbons (Fsp3) is 0.533. The molecule has 4 nitrogen and oxygen atoms in total.